The molecule has 39 heavy (non-hydrogen) atoms. The molecule has 0 saturated heterocycles. The number of sulfonamides is 1. The molecule has 3 rings (SSSR count). The van der Waals surface area contributed by atoms with E-state index in [1.54, 1.807) is 0 Å². The van der Waals surface area contributed by atoms with Crippen LogP contribution in [0.5, 0.6) is 0 Å². The van der Waals surface area contributed by atoms with Crippen LogP contribution in [-0.2, 0) is 43.6 Å². The van der Waals surface area contributed by atoms with Gasteiger partial charge in [-0.3, -0.25) is 9.13 Å². The molecule has 0 aromatic heterocycles. The lowest BCUT2D eigenvalue weighted by Crippen LogP contribution is -2.30. The van der Waals surface area contributed by atoms with Crippen molar-refractivity contribution in [3.8, 4) is 0 Å². The molecule has 0 atom stereocenters. The highest BCUT2D eigenvalue weighted by atomic mass is 35.5. The lowest BCUT2D eigenvalue weighted by molar-refractivity contribution is 0.0564. The number of halogens is 5. The first kappa shape index (κ1) is 31.4. The average molecular weight is 632 g/mol. The smallest absolute Gasteiger partial charge is 0.320 e. The Balaban J connectivity index is 1.97. The second-order valence-corrected chi connectivity index (χ2v) is 14.0. The van der Waals surface area contributed by atoms with Crippen molar-refractivity contribution in [3.05, 3.63) is 100 Å². The Hall–Kier alpha value is -2.12. The molecule has 0 spiro atoms. The van der Waals surface area contributed by atoms with Crippen LogP contribution < -0.4 is 0 Å². The van der Waals surface area contributed by atoms with E-state index >= 15 is 0 Å². The normalized spacial score (nSPS) is 13.6. The van der Waals surface area contributed by atoms with Gasteiger partial charge in [0.05, 0.1) is 4.90 Å². The van der Waals surface area contributed by atoms with E-state index in [1.807, 2.05) is 0 Å². The number of rotatable bonds is 10. The number of benzene rings is 3. The van der Waals surface area contributed by atoms with E-state index in [9.17, 15) is 35.1 Å². The van der Waals surface area contributed by atoms with Gasteiger partial charge in [0, 0.05) is 29.2 Å². The van der Waals surface area contributed by atoms with E-state index in [-0.39, 0.29) is 21.0 Å². The van der Waals surface area contributed by atoms with Crippen molar-refractivity contribution in [2.45, 2.75) is 29.3 Å². The van der Waals surface area contributed by atoms with E-state index < -0.39 is 60.8 Å². The largest absolute Gasteiger partial charge is 0.399 e. The summed E-state index contributed by atoms with van der Waals surface area (Å²) >= 11 is 5.83. The van der Waals surface area contributed by atoms with Crippen LogP contribution in [-0.4, -0.2) is 32.3 Å². The third-order valence-corrected chi connectivity index (χ3v) is 9.54. The maximum atomic E-state index is 14.0. The Kier molecular flexibility index (Phi) is 8.89. The molecule has 3 aromatic carbocycles. The fraction of sp³-hybridized carbons (Fsp3) is 0.182. The molecule has 0 saturated carbocycles. The van der Waals surface area contributed by atoms with Gasteiger partial charge in [-0.05, 0) is 35.4 Å². The van der Waals surface area contributed by atoms with Crippen molar-refractivity contribution in [2.24, 2.45) is 0 Å². The number of hydrogen-bond donors (Lipinski definition) is 4. The average Bonchev–Trinajstić information content (AvgIpc) is 2.83. The minimum atomic E-state index is -5.83. The maximum Gasteiger partial charge on any atom is 0.399 e. The van der Waals surface area contributed by atoms with Gasteiger partial charge in [0.25, 0.3) is 0 Å². The zero-order chi connectivity index (χ0) is 29.4. The lowest BCUT2D eigenvalue weighted by atomic mass is 10.1. The van der Waals surface area contributed by atoms with Crippen LogP contribution in [0.4, 0.5) is 17.6 Å². The zero-order valence-corrected chi connectivity index (χ0v) is 22.8. The summed E-state index contributed by atoms with van der Waals surface area (Å²) in [5.74, 6) is 0. The third kappa shape index (κ3) is 6.79. The van der Waals surface area contributed by atoms with Gasteiger partial charge < -0.3 is 19.6 Å². The molecule has 0 bridgehead atoms. The molecule has 0 amide bonds. The van der Waals surface area contributed by atoms with Crippen LogP contribution >= 0.6 is 26.8 Å². The minimum absolute atomic E-state index is 0.141. The molecule has 212 valence electrons. The minimum Gasteiger partial charge on any atom is -0.320 e. The van der Waals surface area contributed by atoms with E-state index in [1.165, 1.54) is 24.3 Å². The highest BCUT2D eigenvalue weighted by Crippen LogP contribution is 2.60. The molecule has 0 radical (unpaired) electrons. The van der Waals surface area contributed by atoms with Crippen LogP contribution in [0.2, 0.25) is 5.02 Å². The summed E-state index contributed by atoms with van der Waals surface area (Å²) in [6, 6.07) is 12.2. The van der Waals surface area contributed by atoms with Gasteiger partial charge >= 0.3 is 26.5 Å². The second kappa shape index (κ2) is 11.0. The molecule has 0 aliphatic heterocycles. The Morgan fingerprint density at radius 1 is 0.667 bits per heavy atom. The molecule has 0 aliphatic carbocycles. The summed E-state index contributed by atoms with van der Waals surface area (Å²) < 4.78 is 106. The number of alkyl halides is 4. The third-order valence-electron chi connectivity index (χ3n) is 5.50. The van der Waals surface area contributed by atoms with Crippen LogP contribution in [0.15, 0.2) is 77.7 Å². The van der Waals surface area contributed by atoms with Crippen LogP contribution in [0.3, 0.4) is 0 Å². The highest BCUT2D eigenvalue weighted by Gasteiger charge is 2.51. The molecular formula is C22H20ClF4NO8P2S. The Morgan fingerprint density at radius 3 is 1.31 bits per heavy atom. The van der Waals surface area contributed by atoms with Crippen molar-refractivity contribution < 1.29 is 54.7 Å². The molecule has 3 aromatic rings. The Labute approximate surface area is 225 Å². The second-order valence-electron chi connectivity index (χ2n) is 8.29. The van der Waals surface area contributed by atoms with Gasteiger partial charge in [-0.1, -0.05) is 60.1 Å². The summed E-state index contributed by atoms with van der Waals surface area (Å²) in [6.45, 7) is -0.875. The summed E-state index contributed by atoms with van der Waals surface area (Å²) in [6.07, 6.45) is 0. The molecule has 0 fully saturated rings. The van der Waals surface area contributed by atoms with Gasteiger partial charge in [0.1, 0.15) is 0 Å². The van der Waals surface area contributed by atoms with Crippen molar-refractivity contribution >= 4 is 36.8 Å². The van der Waals surface area contributed by atoms with Gasteiger partial charge in [-0.25, -0.2) is 8.42 Å². The van der Waals surface area contributed by atoms with Crippen LogP contribution in [0.25, 0.3) is 0 Å². The molecule has 0 unspecified atom stereocenters. The zero-order valence-electron chi connectivity index (χ0n) is 19.4. The standard InChI is InChI=1S/C22H20ClF4NO8P2S/c23-19-9-11-20(12-10-19)39(35,36)28(13-15-1-5-17(6-2-15)21(24,25)37(29,30)31)14-16-3-7-18(8-4-16)22(26,27)38(32,33)34/h1-12H,13-14H2,(H2,29,30,31)(H2,32,33,34). The molecular weight excluding hydrogens is 612 g/mol. The van der Waals surface area contributed by atoms with Crippen LogP contribution in [0, 0.1) is 0 Å². The number of hydrogen-bond acceptors (Lipinski definition) is 4. The van der Waals surface area contributed by atoms with Crippen molar-refractivity contribution in [3.63, 3.8) is 0 Å². The van der Waals surface area contributed by atoms with Gasteiger partial charge in [-0.15, -0.1) is 0 Å². The molecule has 0 aliphatic rings. The SMILES string of the molecule is O=P(O)(O)C(F)(F)c1ccc(CN(Cc2ccc(C(F)(F)P(=O)(O)O)cc2)S(=O)(=O)c2ccc(Cl)cc2)cc1. The van der Waals surface area contributed by atoms with Crippen molar-refractivity contribution in [1.82, 2.24) is 4.31 Å². The van der Waals surface area contributed by atoms with Crippen molar-refractivity contribution in [1.29, 1.82) is 0 Å². The first-order valence-electron chi connectivity index (χ1n) is 10.6. The van der Waals surface area contributed by atoms with Crippen molar-refractivity contribution in [2.75, 3.05) is 0 Å². The first-order valence-corrected chi connectivity index (χ1v) is 15.6. The predicted molar refractivity (Wildman–Crippen MR) is 133 cm³/mol. The topological polar surface area (TPSA) is 152 Å². The molecule has 0 heterocycles. The lowest BCUT2D eigenvalue weighted by Gasteiger charge is -2.24. The fourth-order valence-electron chi connectivity index (χ4n) is 3.35. The summed E-state index contributed by atoms with van der Waals surface area (Å²) in [5.41, 5.74) is -10.7. The predicted octanol–water partition coefficient (Wildman–Crippen LogP) is 5.19. The van der Waals surface area contributed by atoms with E-state index in [0.29, 0.717) is 0 Å². The quantitative estimate of drug-likeness (QED) is 0.176. The first-order chi connectivity index (χ1) is 17.8. The molecule has 17 heteroatoms. The fourth-order valence-corrected chi connectivity index (χ4v) is 5.86. The van der Waals surface area contributed by atoms with E-state index in [4.69, 9.17) is 31.2 Å². The van der Waals surface area contributed by atoms with E-state index in [2.05, 4.69) is 0 Å². The summed E-state index contributed by atoms with van der Waals surface area (Å²) in [7, 11) is -16.0. The van der Waals surface area contributed by atoms with Gasteiger partial charge in [-0.2, -0.15) is 21.9 Å². The molecule has 4 N–H and O–H groups in total. The van der Waals surface area contributed by atoms with Gasteiger partial charge in [0.2, 0.25) is 10.0 Å². The Bertz CT molecular complexity index is 1450. The maximum absolute atomic E-state index is 14.0. The number of nitrogens with zero attached hydrogens (tertiary/aromatic N) is 1. The monoisotopic (exact) mass is 631 g/mol. The van der Waals surface area contributed by atoms with E-state index in [0.717, 1.165) is 52.8 Å². The van der Waals surface area contributed by atoms with Gasteiger partial charge in [0.15, 0.2) is 0 Å². The summed E-state index contributed by atoms with van der Waals surface area (Å²) in [5, 5.41) is 0.239. The Morgan fingerprint density at radius 2 is 1.00 bits per heavy atom. The van der Waals surface area contributed by atoms with Crippen LogP contribution in [0.1, 0.15) is 22.3 Å². The summed E-state index contributed by atoms with van der Waals surface area (Å²) in [4.78, 5) is 35.5. The highest BCUT2D eigenvalue weighted by molar-refractivity contribution is 7.89. The molecule has 9 nitrogen and oxygen atoms in total.